The highest BCUT2D eigenvalue weighted by molar-refractivity contribution is 5.76. The van der Waals surface area contributed by atoms with Gasteiger partial charge in [-0.15, -0.1) is 0 Å². The standard InChI is InChI=1S/C14H27N2O2/c1-11(2)12-8-13(10-15-9-12)16-14(17)6-4-5-7-18-3/h8,11-13,15H,4-7,9-10H2,1-3H3,(H,16,17). The molecule has 0 bridgehead atoms. The first-order chi connectivity index (χ1) is 8.63. The van der Waals surface area contributed by atoms with Crippen molar-refractivity contribution in [3.63, 3.8) is 0 Å². The van der Waals surface area contributed by atoms with Crippen LogP contribution < -0.4 is 10.6 Å². The first kappa shape index (κ1) is 15.4. The predicted octanol–water partition coefficient (Wildman–Crippen LogP) is 1.37. The minimum atomic E-state index is 0.151. The van der Waals surface area contributed by atoms with Crippen LogP contribution in [0, 0.1) is 18.3 Å². The zero-order chi connectivity index (χ0) is 13.4. The number of nitrogens with one attached hydrogen (secondary N) is 2. The number of hydrogen-bond acceptors (Lipinski definition) is 3. The Labute approximate surface area is 111 Å². The normalized spacial score (nSPS) is 24.2. The molecule has 1 saturated heterocycles. The summed E-state index contributed by atoms with van der Waals surface area (Å²) in [4.78, 5) is 11.8. The van der Waals surface area contributed by atoms with Gasteiger partial charge in [-0.25, -0.2) is 0 Å². The third-order valence-electron chi connectivity index (χ3n) is 3.43. The lowest BCUT2D eigenvalue weighted by atomic mass is 9.86. The third kappa shape index (κ3) is 5.83. The maximum absolute atomic E-state index is 11.8. The van der Waals surface area contributed by atoms with Gasteiger partial charge in [0.1, 0.15) is 0 Å². The molecular formula is C14H27N2O2. The number of carbonyl (C=O) groups excluding carboxylic acids is 1. The summed E-state index contributed by atoms with van der Waals surface area (Å²) >= 11 is 0. The molecule has 2 atom stereocenters. The molecule has 1 radical (unpaired) electrons. The summed E-state index contributed by atoms with van der Waals surface area (Å²) in [5.41, 5.74) is 0. The van der Waals surface area contributed by atoms with Crippen LogP contribution in [-0.2, 0) is 9.53 Å². The Bertz CT molecular complexity index is 244. The van der Waals surface area contributed by atoms with Gasteiger partial charge in [-0.3, -0.25) is 4.79 Å². The molecule has 105 valence electrons. The fraction of sp³-hybridized carbons (Fsp3) is 0.857. The van der Waals surface area contributed by atoms with Crippen molar-refractivity contribution in [2.75, 3.05) is 26.8 Å². The molecule has 0 spiro atoms. The molecule has 2 unspecified atom stereocenters. The fourth-order valence-corrected chi connectivity index (χ4v) is 2.21. The number of unbranched alkanes of at least 4 members (excludes halogenated alkanes) is 1. The molecule has 1 fully saturated rings. The molecule has 1 aliphatic rings. The van der Waals surface area contributed by atoms with E-state index in [0.717, 1.165) is 32.5 Å². The van der Waals surface area contributed by atoms with E-state index in [0.29, 0.717) is 18.3 Å². The van der Waals surface area contributed by atoms with E-state index in [1.807, 2.05) is 0 Å². The van der Waals surface area contributed by atoms with E-state index >= 15 is 0 Å². The number of amides is 1. The van der Waals surface area contributed by atoms with Gasteiger partial charge in [0.25, 0.3) is 0 Å². The molecule has 0 aromatic rings. The van der Waals surface area contributed by atoms with Gasteiger partial charge in [-0.05, 0) is 37.6 Å². The number of methoxy groups -OCH3 is 1. The number of ether oxygens (including phenoxy) is 1. The third-order valence-corrected chi connectivity index (χ3v) is 3.43. The van der Waals surface area contributed by atoms with Crippen LogP contribution in [-0.4, -0.2) is 38.8 Å². The highest BCUT2D eigenvalue weighted by Gasteiger charge is 2.24. The second kappa shape index (κ2) is 8.48. The Balaban J connectivity index is 2.18. The summed E-state index contributed by atoms with van der Waals surface area (Å²) in [5.74, 6) is 1.33. The van der Waals surface area contributed by atoms with E-state index in [1.165, 1.54) is 0 Å². The van der Waals surface area contributed by atoms with Gasteiger partial charge >= 0.3 is 0 Å². The second-order valence-corrected chi connectivity index (χ2v) is 5.38. The monoisotopic (exact) mass is 255 g/mol. The number of hydrogen-bond donors (Lipinski definition) is 2. The largest absolute Gasteiger partial charge is 0.385 e. The van der Waals surface area contributed by atoms with Crippen molar-refractivity contribution < 1.29 is 9.53 Å². The quantitative estimate of drug-likeness (QED) is 0.676. The molecule has 1 heterocycles. The first-order valence-corrected chi connectivity index (χ1v) is 6.97. The van der Waals surface area contributed by atoms with Crippen LogP contribution in [0.1, 0.15) is 33.1 Å². The number of carbonyl (C=O) groups is 1. The van der Waals surface area contributed by atoms with E-state index in [-0.39, 0.29) is 11.9 Å². The summed E-state index contributed by atoms with van der Waals surface area (Å²) in [6, 6.07) is 0.182. The minimum Gasteiger partial charge on any atom is -0.385 e. The molecule has 0 saturated carbocycles. The van der Waals surface area contributed by atoms with E-state index in [4.69, 9.17) is 4.74 Å². The van der Waals surface area contributed by atoms with Gasteiger partial charge in [-0.2, -0.15) is 0 Å². The van der Waals surface area contributed by atoms with Crippen LogP contribution >= 0.6 is 0 Å². The van der Waals surface area contributed by atoms with Crippen molar-refractivity contribution in [1.82, 2.24) is 10.6 Å². The Morgan fingerprint density at radius 1 is 1.44 bits per heavy atom. The van der Waals surface area contributed by atoms with Gasteiger partial charge in [0.2, 0.25) is 5.91 Å². The number of rotatable bonds is 7. The molecular weight excluding hydrogens is 228 g/mol. The summed E-state index contributed by atoms with van der Waals surface area (Å²) < 4.78 is 4.97. The summed E-state index contributed by atoms with van der Waals surface area (Å²) in [5, 5.41) is 6.46. The fourth-order valence-electron chi connectivity index (χ4n) is 2.21. The zero-order valence-electron chi connectivity index (χ0n) is 11.9. The highest BCUT2D eigenvalue weighted by atomic mass is 16.5. The Morgan fingerprint density at radius 2 is 2.22 bits per heavy atom. The maximum atomic E-state index is 11.8. The first-order valence-electron chi connectivity index (χ1n) is 6.97. The molecule has 1 rings (SSSR count). The molecule has 0 aromatic carbocycles. The van der Waals surface area contributed by atoms with Crippen molar-refractivity contribution in [3.8, 4) is 0 Å². The molecule has 1 amide bonds. The predicted molar refractivity (Wildman–Crippen MR) is 73.2 cm³/mol. The average molecular weight is 255 g/mol. The Kier molecular flexibility index (Phi) is 7.28. The van der Waals surface area contributed by atoms with Crippen LogP contribution in [0.25, 0.3) is 0 Å². The zero-order valence-corrected chi connectivity index (χ0v) is 11.9. The molecule has 4 nitrogen and oxygen atoms in total. The van der Waals surface area contributed by atoms with Crippen LogP contribution in [0.4, 0.5) is 0 Å². The van der Waals surface area contributed by atoms with Crippen LogP contribution in [0.2, 0.25) is 0 Å². The summed E-state index contributed by atoms with van der Waals surface area (Å²) in [6.45, 7) is 7.06. The lowest BCUT2D eigenvalue weighted by molar-refractivity contribution is -0.121. The summed E-state index contributed by atoms with van der Waals surface area (Å²) in [6.07, 6.45) is 4.73. The summed E-state index contributed by atoms with van der Waals surface area (Å²) in [7, 11) is 1.69. The second-order valence-electron chi connectivity index (χ2n) is 5.38. The van der Waals surface area contributed by atoms with Crippen LogP contribution in [0.5, 0.6) is 0 Å². The maximum Gasteiger partial charge on any atom is 0.220 e. The molecule has 18 heavy (non-hydrogen) atoms. The van der Waals surface area contributed by atoms with Crippen molar-refractivity contribution in [1.29, 1.82) is 0 Å². The van der Waals surface area contributed by atoms with Gasteiger partial charge in [-0.1, -0.05) is 13.8 Å². The Hall–Kier alpha value is -0.610. The molecule has 0 aromatic heterocycles. The van der Waals surface area contributed by atoms with Crippen LogP contribution in [0.15, 0.2) is 0 Å². The minimum absolute atomic E-state index is 0.151. The van der Waals surface area contributed by atoms with Crippen molar-refractivity contribution in [2.45, 2.75) is 39.2 Å². The average Bonchev–Trinajstić information content (AvgIpc) is 2.35. The van der Waals surface area contributed by atoms with E-state index in [2.05, 4.69) is 30.9 Å². The van der Waals surface area contributed by atoms with E-state index in [1.54, 1.807) is 7.11 Å². The molecule has 4 heteroatoms. The van der Waals surface area contributed by atoms with Crippen molar-refractivity contribution in [2.24, 2.45) is 11.8 Å². The van der Waals surface area contributed by atoms with Gasteiger partial charge in [0.05, 0.1) is 0 Å². The topological polar surface area (TPSA) is 50.4 Å². The lowest BCUT2D eigenvalue weighted by Gasteiger charge is -2.32. The number of piperidine rings is 1. The van der Waals surface area contributed by atoms with Crippen molar-refractivity contribution in [3.05, 3.63) is 6.42 Å². The lowest BCUT2D eigenvalue weighted by Crippen LogP contribution is -2.50. The van der Waals surface area contributed by atoms with E-state index in [9.17, 15) is 4.79 Å². The Morgan fingerprint density at radius 3 is 2.89 bits per heavy atom. The molecule has 0 aliphatic carbocycles. The molecule has 1 aliphatic heterocycles. The van der Waals surface area contributed by atoms with Gasteiger partial charge in [0.15, 0.2) is 0 Å². The SMILES string of the molecule is COCCCCC(=O)NC1[CH]C(C(C)C)CNC1. The highest BCUT2D eigenvalue weighted by Crippen LogP contribution is 2.18. The van der Waals surface area contributed by atoms with Gasteiger partial charge in [0, 0.05) is 32.7 Å². The smallest absolute Gasteiger partial charge is 0.220 e. The van der Waals surface area contributed by atoms with Crippen LogP contribution in [0.3, 0.4) is 0 Å². The van der Waals surface area contributed by atoms with Gasteiger partial charge < -0.3 is 15.4 Å². The molecule has 2 N–H and O–H groups in total. The van der Waals surface area contributed by atoms with Crippen molar-refractivity contribution >= 4 is 5.91 Å². The van der Waals surface area contributed by atoms with E-state index < -0.39 is 0 Å².